The third-order valence-corrected chi connectivity index (χ3v) is 5.65. The molecule has 2 aliphatic rings. The average molecular weight is 375 g/mol. The van der Waals surface area contributed by atoms with E-state index in [2.05, 4.69) is 36.0 Å². The van der Waals surface area contributed by atoms with Crippen LogP contribution in [0.4, 0.5) is 11.6 Å². The summed E-state index contributed by atoms with van der Waals surface area (Å²) in [5, 5.41) is 22.9. The highest BCUT2D eigenvalue weighted by Gasteiger charge is 2.27. The van der Waals surface area contributed by atoms with Crippen molar-refractivity contribution < 1.29 is 0 Å². The molecular formula is C19H21N9. The van der Waals surface area contributed by atoms with E-state index in [9.17, 15) is 5.26 Å². The van der Waals surface area contributed by atoms with Crippen molar-refractivity contribution in [1.29, 1.82) is 5.26 Å². The summed E-state index contributed by atoms with van der Waals surface area (Å²) >= 11 is 0. The molecule has 0 N–H and O–H groups in total. The van der Waals surface area contributed by atoms with E-state index in [1.54, 1.807) is 12.4 Å². The van der Waals surface area contributed by atoms with Gasteiger partial charge in [0.1, 0.15) is 11.9 Å². The zero-order chi connectivity index (χ0) is 18.9. The number of nitriles is 1. The molecule has 142 valence electrons. The minimum absolute atomic E-state index is 0.287. The van der Waals surface area contributed by atoms with Crippen molar-refractivity contribution in [2.75, 3.05) is 36.0 Å². The molecule has 9 nitrogen and oxygen atoms in total. The first-order valence-corrected chi connectivity index (χ1v) is 9.77. The molecular weight excluding hydrogens is 354 g/mol. The molecule has 9 heteroatoms. The maximum Gasteiger partial charge on any atom is 0.183 e. The van der Waals surface area contributed by atoms with Gasteiger partial charge in [-0.25, -0.2) is 9.97 Å². The van der Waals surface area contributed by atoms with Crippen LogP contribution in [0.25, 0.3) is 5.65 Å². The summed E-state index contributed by atoms with van der Waals surface area (Å²) in [4.78, 5) is 12.9. The van der Waals surface area contributed by atoms with E-state index in [0.717, 1.165) is 56.3 Å². The molecule has 28 heavy (non-hydrogen) atoms. The molecule has 3 aromatic rings. The number of aromatic nitrogens is 6. The fourth-order valence-corrected chi connectivity index (χ4v) is 4.16. The van der Waals surface area contributed by atoms with Crippen LogP contribution >= 0.6 is 0 Å². The van der Waals surface area contributed by atoms with Crippen LogP contribution in [0, 0.1) is 11.3 Å². The zero-order valence-electron chi connectivity index (χ0n) is 15.6. The fraction of sp³-hybridized carbons (Fsp3) is 0.474. The summed E-state index contributed by atoms with van der Waals surface area (Å²) in [7, 11) is 0. The van der Waals surface area contributed by atoms with Crippen LogP contribution in [0.3, 0.4) is 0 Å². The van der Waals surface area contributed by atoms with Crippen molar-refractivity contribution in [3.8, 4) is 6.07 Å². The van der Waals surface area contributed by atoms with Crippen LogP contribution in [-0.4, -0.2) is 56.0 Å². The molecule has 0 bridgehead atoms. The van der Waals surface area contributed by atoms with Gasteiger partial charge in [0.25, 0.3) is 0 Å². The Kier molecular flexibility index (Phi) is 4.24. The SMILES string of the molecule is N#Cc1nccnc1N1CCC(c2nnc3ccc(N4CCCC4)nn23)CC1. The molecule has 0 aliphatic carbocycles. The van der Waals surface area contributed by atoms with E-state index in [4.69, 9.17) is 5.10 Å². The number of rotatable bonds is 3. The highest BCUT2D eigenvalue weighted by molar-refractivity contribution is 5.50. The van der Waals surface area contributed by atoms with Gasteiger partial charge in [0.05, 0.1) is 0 Å². The number of fused-ring (bicyclic) bond motifs is 1. The van der Waals surface area contributed by atoms with Crippen LogP contribution < -0.4 is 9.80 Å². The molecule has 0 radical (unpaired) electrons. The van der Waals surface area contributed by atoms with E-state index in [1.165, 1.54) is 12.8 Å². The lowest BCUT2D eigenvalue weighted by molar-refractivity contribution is 0.474. The number of anilines is 2. The summed E-state index contributed by atoms with van der Waals surface area (Å²) in [6.45, 7) is 3.74. The number of hydrogen-bond acceptors (Lipinski definition) is 8. The van der Waals surface area contributed by atoms with Crippen molar-refractivity contribution >= 4 is 17.3 Å². The second kappa shape index (κ2) is 7.03. The van der Waals surface area contributed by atoms with E-state index in [0.29, 0.717) is 11.5 Å². The third-order valence-electron chi connectivity index (χ3n) is 5.65. The Hall–Kier alpha value is -3.28. The van der Waals surface area contributed by atoms with Gasteiger partial charge < -0.3 is 9.80 Å². The Balaban J connectivity index is 1.37. The zero-order valence-corrected chi connectivity index (χ0v) is 15.6. The minimum Gasteiger partial charge on any atom is -0.355 e. The first-order chi connectivity index (χ1) is 13.8. The van der Waals surface area contributed by atoms with Gasteiger partial charge in [-0.05, 0) is 37.8 Å². The van der Waals surface area contributed by atoms with Gasteiger partial charge in [-0.2, -0.15) is 9.78 Å². The van der Waals surface area contributed by atoms with E-state index in [1.807, 2.05) is 16.6 Å². The summed E-state index contributed by atoms with van der Waals surface area (Å²) in [6.07, 6.45) is 7.47. The molecule has 2 fully saturated rings. The minimum atomic E-state index is 0.287. The normalized spacial score (nSPS) is 18.0. The van der Waals surface area contributed by atoms with Crippen molar-refractivity contribution in [2.45, 2.75) is 31.6 Å². The summed E-state index contributed by atoms with van der Waals surface area (Å²) < 4.78 is 1.91. The van der Waals surface area contributed by atoms with E-state index < -0.39 is 0 Å². The van der Waals surface area contributed by atoms with Crippen LogP contribution in [-0.2, 0) is 0 Å². The smallest absolute Gasteiger partial charge is 0.183 e. The number of piperidine rings is 1. The topological polar surface area (TPSA) is 99.1 Å². The molecule has 3 aromatic heterocycles. The maximum absolute atomic E-state index is 9.27. The monoisotopic (exact) mass is 375 g/mol. The maximum atomic E-state index is 9.27. The molecule has 0 saturated carbocycles. The summed E-state index contributed by atoms with van der Waals surface area (Å²) in [5.41, 5.74) is 1.17. The van der Waals surface area contributed by atoms with Gasteiger partial charge in [-0.1, -0.05) is 0 Å². The van der Waals surface area contributed by atoms with Crippen LogP contribution in [0.2, 0.25) is 0 Å². The average Bonchev–Trinajstić information content (AvgIpc) is 3.43. The number of nitrogens with zero attached hydrogens (tertiary/aromatic N) is 9. The fourth-order valence-electron chi connectivity index (χ4n) is 4.16. The van der Waals surface area contributed by atoms with Crippen molar-refractivity contribution in [3.05, 3.63) is 36.0 Å². The van der Waals surface area contributed by atoms with Gasteiger partial charge in [-0.15, -0.1) is 15.3 Å². The van der Waals surface area contributed by atoms with Gasteiger partial charge in [0.15, 0.2) is 23.0 Å². The Morgan fingerprint density at radius 3 is 2.50 bits per heavy atom. The second-order valence-electron chi connectivity index (χ2n) is 7.32. The molecule has 0 unspecified atom stereocenters. The Morgan fingerprint density at radius 1 is 0.929 bits per heavy atom. The first-order valence-electron chi connectivity index (χ1n) is 9.77. The predicted octanol–water partition coefficient (Wildman–Crippen LogP) is 1.77. The highest BCUT2D eigenvalue weighted by Crippen LogP contribution is 2.30. The van der Waals surface area contributed by atoms with E-state index in [-0.39, 0.29) is 5.92 Å². The number of hydrogen-bond donors (Lipinski definition) is 0. The quantitative estimate of drug-likeness (QED) is 0.683. The van der Waals surface area contributed by atoms with Gasteiger partial charge in [-0.3, -0.25) is 0 Å². The summed E-state index contributed by atoms with van der Waals surface area (Å²) in [6, 6.07) is 6.18. The lowest BCUT2D eigenvalue weighted by Gasteiger charge is -2.32. The van der Waals surface area contributed by atoms with Gasteiger partial charge >= 0.3 is 0 Å². The Labute approximate surface area is 162 Å². The molecule has 0 atom stereocenters. The van der Waals surface area contributed by atoms with Crippen molar-refractivity contribution in [2.24, 2.45) is 0 Å². The van der Waals surface area contributed by atoms with Crippen molar-refractivity contribution in [1.82, 2.24) is 29.8 Å². The summed E-state index contributed by atoms with van der Waals surface area (Å²) in [5.74, 6) is 2.89. The molecule has 0 spiro atoms. The lowest BCUT2D eigenvalue weighted by atomic mass is 9.96. The van der Waals surface area contributed by atoms with Gasteiger partial charge in [0.2, 0.25) is 0 Å². The second-order valence-corrected chi connectivity index (χ2v) is 7.32. The molecule has 5 heterocycles. The Morgan fingerprint density at radius 2 is 1.71 bits per heavy atom. The van der Waals surface area contributed by atoms with Crippen LogP contribution in [0.5, 0.6) is 0 Å². The Bertz CT molecular complexity index is 1020. The predicted molar refractivity (Wildman–Crippen MR) is 103 cm³/mol. The first kappa shape index (κ1) is 16.9. The molecule has 2 saturated heterocycles. The largest absolute Gasteiger partial charge is 0.355 e. The van der Waals surface area contributed by atoms with Crippen molar-refractivity contribution in [3.63, 3.8) is 0 Å². The van der Waals surface area contributed by atoms with Crippen LogP contribution in [0.15, 0.2) is 24.5 Å². The lowest BCUT2D eigenvalue weighted by Crippen LogP contribution is -2.34. The molecule has 0 amide bonds. The van der Waals surface area contributed by atoms with Gasteiger partial charge in [0, 0.05) is 44.5 Å². The standard InChI is InChI=1S/C19H21N9/c20-13-15-19(22-8-7-21-15)27-11-5-14(6-12-27)18-24-23-16-3-4-17(25-28(16)18)26-9-1-2-10-26/h3-4,7-8,14H,1-2,5-6,9-12H2. The molecule has 5 rings (SSSR count). The van der Waals surface area contributed by atoms with Crippen LogP contribution in [0.1, 0.15) is 43.1 Å². The van der Waals surface area contributed by atoms with E-state index >= 15 is 0 Å². The third kappa shape index (κ3) is 2.91. The molecule has 2 aliphatic heterocycles. The molecule has 0 aromatic carbocycles. The highest BCUT2D eigenvalue weighted by atomic mass is 15.4.